The third-order valence-electron chi connectivity index (χ3n) is 2.61. The van der Waals surface area contributed by atoms with Crippen LogP contribution in [-0.4, -0.2) is 12.6 Å². The van der Waals surface area contributed by atoms with Crippen molar-refractivity contribution in [3.63, 3.8) is 0 Å². The van der Waals surface area contributed by atoms with Crippen LogP contribution < -0.4 is 0 Å². The Kier molecular flexibility index (Phi) is 4.27. The van der Waals surface area contributed by atoms with Crippen LogP contribution in [0.3, 0.4) is 0 Å². The monoisotopic (exact) mass is 318 g/mol. The highest BCUT2D eigenvalue weighted by Crippen LogP contribution is 2.37. The van der Waals surface area contributed by atoms with E-state index in [1.165, 1.54) is 31.2 Å². The maximum atomic E-state index is 12.9. The average molecular weight is 319 g/mol. The van der Waals surface area contributed by atoms with Crippen LogP contribution in [0.25, 0.3) is 11.3 Å². The number of alkyl halides is 3. The molecule has 112 valence electrons. The highest BCUT2D eigenvalue weighted by Gasteiger charge is 2.41. The first-order valence-electron chi connectivity index (χ1n) is 5.97. The highest BCUT2D eigenvalue weighted by atomic mass is 35.5. The molecule has 1 aromatic carbocycles. The average Bonchev–Trinajstić information content (AvgIpc) is 2.85. The van der Waals surface area contributed by atoms with E-state index in [9.17, 15) is 18.0 Å². The molecule has 0 fully saturated rings. The number of halogens is 4. The van der Waals surface area contributed by atoms with Crippen LogP contribution >= 0.6 is 11.6 Å². The largest absolute Gasteiger partial charge is 0.462 e. The van der Waals surface area contributed by atoms with Crippen molar-refractivity contribution in [2.45, 2.75) is 13.1 Å². The Bertz CT molecular complexity index is 644. The van der Waals surface area contributed by atoms with E-state index in [1.807, 2.05) is 0 Å². The van der Waals surface area contributed by atoms with Crippen LogP contribution in [0.2, 0.25) is 5.02 Å². The second-order valence-corrected chi connectivity index (χ2v) is 4.52. The Hall–Kier alpha value is -1.95. The Balaban J connectivity index is 2.50. The van der Waals surface area contributed by atoms with Gasteiger partial charge in [-0.1, -0.05) is 11.6 Å². The number of rotatable bonds is 3. The fourth-order valence-corrected chi connectivity index (χ4v) is 1.84. The summed E-state index contributed by atoms with van der Waals surface area (Å²) >= 11 is 5.72. The van der Waals surface area contributed by atoms with Crippen molar-refractivity contribution in [1.29, 1.82) is 0 Å². The van der Waals surface area contributed by atoms with E-state index in [4.69, 9.17) is 16.0 Å². The smallest absolute Gasteiger partial charge is 0.450 e. The third-order valence-corrected chi connectivity index (χ3v) is 2.87. The summed E-state index contributed by atoms with van der Waals surface area (Å²) in [5, 5.41) is 0.437. The molecule has 3 nitrogen and oxygen atoms in total. The number of hydrogen-bond acceptors (Lipinski definition) is 3. The van der Waals surface area contributed by atoms with Gasteiger partial charge in [0.15, 0.2) is 0 Å². The summed E-state index contributed by atoms with van der Waals surface area (Å²) in [5.74, 6) is -2.53. The van der Waals surface area contributed by atoms with Crippen molar-refractivity contribution in [2.75, 3.05) is 6.61 Å². The summed E-state index contributed by atoms with van der Waals surface area (Å²) in [5.41, 5.74) is -0.269. The number of hydrogen-bond donors (Lipinski definition) is 0. The predicted molar refractivity (Wildman–Crippen MR) is 70.1 cm³/mol. The lowest BCUT2D eigenvalue weighted by atomic mass is 10.1. The molecule has 0 spiro atoms. The first-order valence-corrected chi connectivity index (χ1v) is 6.34. The van der Waals surface area contributed by atoms with Crippen LogP contribution in [-0.2, 0) is 10.9 Å². The molecule has 21 heavy (non-hydrogen) atoms. The topological polar surface area (TPSA) is 39.4 Å². The first-order chi connectivity index (χ1) is 9.82. The summed E-state index contributed by atoms with van der Waals surface area (Å²) in [6.45, 7) is 1.48. The number of carbonyl (C=O) groups is 1. The molecule has 2 aromatic rings. The van der Waals surface area contributed by atoms with Crippen molar-refractivity contribution in [2.24, 2.45) is 0 Å². The van der Waals surface area contributed by atoms with Gasteiger partial charge in [-0.15, -0.1) is 0 Å². The van der Waals surface area contributed by atoms with Gasteiger partial charge in [-0.2, -0.15) is 13.2 Å². The summed E-state index contributed by atoms with van der Waals surface area (Å²) in [6.07, 6.45) is -4.78. The zero-order valence-corrected chi connectivity index (χ0v) is 11.6. The van der Waals surface area contributed by atoms with Gasteiger partial charge in [-0.05, 0) is 37.3 Å². The van der Waals surface area contributed by atoms with Crippen molar-refractivity contribution < 1.29 is 27.1 Å². The molecule has 2 rings (SSSR count). The molecular weight excluding hydrogens is 309 g/mol. The zero-order chi connectivity index (χ0) is 15.6. The number of furan rings is 1. The molecule has 0 radical (unpaired) electrons. The van der Waals surface area contributed by atoms with Crippen molar-refractivity contribution in [3.8, 4) is 11.3 Å². The normalized spacial score (nSPS) is 11.5. The van der Waals surface area contributed by atoms with Gasteiger partial charge >= 0.3 is 12.1 Å². The Morgan fingerprint density at radius 1 is 1.29 bits per heavy atom. The molecule has 7 heteroatoms. The van der Waals surface area contributed by atoms with Gasteiger partial charge < -0.3 is 9.15 Å². The van der Waals surface area contributed by atoms with E-state index in [2.05, 4.69) is 4.74 Å². The molecular formula is C14H10ClF3O3. The fourth-order valence-electron chi connectivity index (χ4n) is 1.72. The summed E-state index contributed by atoms with van der Waals surface area (Å²) in [6, 6.07) is 7.03. The quantitative estimate of drug-likeness (QED) is 0.763. The van der Waals surface area contributed by atoms with Gasteiger partial charge in [0.25, 0.3) is 0 Å². The number of esters is 1. The standard InChI is InChI=1S/C14H10ClF3O3/c1-2-20-13(19)10-7-11(21-12(10)14(16,17)18)8-3-5-9(15)6-4-8/h3-7H,2H2,1H3. The minimum atomic E-state index is -4.78. The van der Waals surface area contributed by atoms with Gasteiger partial charge in [0.2, 0.25) is 5.76 Å². The molecule has 0 unspecified atom stereocenters. The lowest BCUT2D eigenvalue weighted by molar-refractivity contribution is -0.153. The van der Waals surface area contributed by atoms with E-state index < -0.39 is 23.5 Å². The summed E-state index contributed by atoms with van der Waals surface area (Å²) in [4.78, 5) is 11.6. The van der Waals surface area contributed by atoms with E-state index >= 15 is 0 Å². The van der Waals surface area contributed by atoms with Crippen LogP contribution in [0.5, 0.6) is 0 Å². The predicted octanol–water partition coefficient (Wildman–Crippen LogP) is 4.80. The van der Waals surface area contributed by atoms with Crippen molar-refractivity contribution in [3.05, 3.63) is 46.7 Å². The molecule has 0 aliphatic heterocycles. The van der Waals surface area contributed by atoms with Gasteiger partial charge in [0.1, 0.15) is 11.3 Å². The lowest BCUT2D eigenvalue weighted by Crippen LogP contribution is -2.12. The number of benzene rings is 1. The molecule has 0 aliphatic carbocycles. The summed E-state index contributed by atoms with van der Waals surface area (Å²) < 4.78 is 48.2. The molecule has 0 saturated heterocycles. The van der Waals surface area contributed by atoms with E-state index in [0.717, 1.165) is 6.07 Å². The molecule has 0 aliphatic rings. The molecule has 0 amide bonds. The van der Waals surface area contributed by atoms with Gasteiger partial charge in [0, 0.05) is 10.6 Å². The fraction of sp³-hybridized carbons (Fsp3) is 0.214. The molecule has 0 saturated carbocycles. The van der Waals surface area contributed by atoms with E-state index in [0.29, 0.717) is 10.6 Å². The van der Waals surface area contributed by atoms with Crippen LogP contribution in [0.4, 0.5) is 13.2 Å². The van der Waals surface area contributed by atoms with Crippen LogP contribution in [0.15, 0.2) is 34.7 Å². The lowest BCUT2D eigenvalue weighted by Gasteiger charge is -2.05. The molecule has 1 heterocycles. The molecule has 0 bridgehead atoms. The Morgan fingerprint density at radius 3 is 2.43 bits per heavy atom. The summed E-state index contributed by atoms with van der Waals surface area (Å²) in [7, 11) is 0. The van der Waals surface area contributed by atoms with Crippen LogP contribution in [0.1, 0.15) is 23.0 Å². The Labute approximate surface area is 123 Å². The second-order valence-electron chi connectivity index (χ2n) is 4.08. The van der Waals surface area contributed by atoms with Crippen molar-refractivity contribution >= 4 is 17.6 Å². The Morgan fingerprint density at radius 2 is 1.90 bits per heavy atom. The van der Waals surface area contributed by atoms with E-state index in [-0.39, 0.29) is 12.4 Å². The molecule has 1 aromatic heterocycles. The number of ether oxygens (including phenoxy) is 1. The first kappa shape index (κ1) is 15.4. The van der Waals surface area contributed by atoms with Gasteiger partial charge in [0.05, 0.1) is 6.61 Å². The second kappa shape index (κ2) is 5.81. The number of carbonyl (C=O) groups excluding carboxylic acids is 1. The maximum Gasteiger partial charge on any atom is 0.450 e. The molecule has 0 atom stereocenters. The van der Waals surface area contributed by atoms with Crippen LogP contribution in [0, 0.1) is 0 Å². The SMILES string of the molecule is CCOC(=O)c1cc(-c2ccc(Cl)cc2)oc1C(F)(F)F. The van der Waals surface area contributed by atoms with Gasteiger partial charge in [-0.25, -0.2) is 4.79 Å². The zero-order valence-electron chi connectivity index (χ0n) is 10.8. The van der Waals surface area contributed by atoms with Gasteiger partial charge in [-0.3, -0.25) is 0 Å². The van der Waals surface area contributed by atoms with Crippen molar-refractivity contribution in [1.82, 2.24) is 0 Å². The third kappa shape index (κ3) is 3.39. The highest BCUT2D eigenvalue weighted by molar-refractivity contribution is 6.30. The minimum Gasteiger partial charge on any atom is -0.462 e. The minimum absolute atomic E-state index is 0.0302. The maximum absolute atomic E-state index is 12.9. The molecule has 0 N–H and O–H groups in total. The van der Waals surface area contributed by atoms with E-state index in [1.54, 1.807) is 0 Å².